The number of rotatable bonds is 6. The van der Waals surface area contributed by atoms with Gasteiger partial charge in [-0.15, -0.1) is 0 Å². The summed E-state index contributed by atoms with van der Waals surface area (Å²) in [5.74, 6) is 1.10. The molecule has 4 rings (SSSR count). The number of nitrogens with zero attached hydrogens (tertiary/aromatic N) is 4. The lowest BCUT2D eigenvalue weighted by Crippen LogP contribution is -2.23. The average Bonchev–Trinajstić information content (AvgIpc) is 3.27. The van der Waals surface area contributed by atoms with Gasteiger partial charge in [-0.1, -0.05) is 30.1 Å². The van der Waals surface area contributed by atoms with Crippen molar-refractivity contribution in [1.82, 2.24) is 24.4 Å². The Hall–Kier alpha value is -2.09. The molecule has 9 heteroatoms. The minimum atomic E-state index is -0.258. The maximum Gasteiger partial charge on any atom is 0.328 e. The number of fused-ring (bicyclic) bond motifs is 1. The van der Waals surface area contributed by atoms with Crippen LogP contribution in [0, 0.1) is 5.92 Å². The number of H-pyrrole nitrogens is 1. The number of halogens is 2. The van der Waals surface area contributed by atoms with Crippen molar-refractivity contribution < 1.29 is 0 Å². The molecule has 28 heavy (non-hydrogen) atoms. The molecule has 1 aliphatic rings. The van der Waals surface area contributed by atoms with Crippen LogP contribution in [-0.4, -0.2) is 50.6 Å². The first-order valence-corrected chi connectivity index (χ1v) is 10.1. The summed E-state index contributed by atoms with van der Waals surface area (Å²) in [7, 11) is 0. The molecule has 0 bridgehead atoms. The Morgan fingerprint density at radius 1 is 1.36 bits per heavy atom. The van der Waals surface area contributed by atoms with Crippen molar-refractivity contribution in [3.63, 3.8) is 0 Å². The lowest BCUT2D eigenvalue weighted by atomic mass is 10.1. The van der Waals surface area contributed by atoms with Crippen LogP contribution in [-0.2, 0) is 6.54 Å². The predicted molar refractivity (Wildman–Crippen MR) is 112 cm³/mol. The molecular formula is C19H22Cl2N6O. The lowest BCUT2D eigenvalue weighted by molar-refractivity contribution is 0.345. The molecule has 0 amide bonds. The quantitative estimate of drug-likeness (QED) is 0.639. The standard InChI is InChI=1S/C19H22Cl2N6O/c1-2-26-6-5-12(10-26)8-22-18-23-9-16-17(25-18)27(19(28)24-16)11-13-7-14(20)3-4-15(13)21/h3-4,7,9,12H,2,5-6,8,10-11H2,1H3,(H,24,28)(H,22,23,25). The van der Waals surface area contributed by atoms with Crippen molar-refractivity contribution in [2.45, 2.75) is 19.9 Å². The number of hydrogen-bond acceptors (Lipinski definition) is 5. The van der Waals surface area contributed by atoms with E-state index in [-0.39, 0.29) is 12.2 Å². The third kappa shape index (κ3) is 4.01. The molecule has 0 radical (unpaired) electrons. The largest absolute Gasteiger partial charge is 0.354 e. The zero-order valence-corrected chi connectivity index (χ0v) is 17.1. The molecule has 3 heterocycles. The minimum absolute atomic E-state index is 0.258. The van der Waals surface area contributed by atoms with Gasteiger partial charge in [0.05, 0.1) is 12.7 Å². The molecule has 2 N–H and O–H groups in total. The topological polar surface area (TPSA) is 78.8 Å². The molecule has 1 unspecified atom stereocenters. The van der Waals surface area contributed by atoms with Gasteiger partial charge in [-0.25, -0.2) is 9.78 Å². The first kappa shape index (κ1) is 19.2. The maximum absolute atomic E-state index is 12.4. The molecule has 1 aromatic carbocycles. The van der Waals surface area contributed by atoms with E-state index >= 15 is 0 Å². The number of imidazole rings is 1. The Kier molecular flexibility index (Phi) is 5.57. The summed E-state index contributed by atoms with van der Waals surface area (Å²) in [6, 6.07) is 5.20. The van der Waals surface area contributed by atoms with Gasteiger partial charge in [0.1, 0.15) is 5.52 Å². The van der Waals surface area contributed by atoms with Crippen molar-refractivity contribution in [1.29, 1.82) is 0 Å². The smallest absolute Gasteiger partial charge is 0.328 e. The summed E-state index contributed by atoms with van der Waals surface area (Å²) < 4.78 is 1.55. The fourth-order valence-corrected chi connectivity index (χ4v) is 3.99. The van der Waals surface area contributed by atoms with Gasteiger partial charge in [0.25, 0.3) is 0 Å². The van der Waals surface area contributed by atoms with E-state index in [1.54, 1.807) is 29.0 Å². The fourth-order valence-electron chi connectivity index (χ4n) is 3.61. The third-order valence-electron chi connectivity index (χ3n) is 5.21. The minimum Gasteiger partial charge on any atom is -0.354 e. The molecule has 148 valence electrons. The van der Waals surface area contributed by atoms with Crippen LogP contribution in [0.1, 0.15) is 18.9 Å². The van der Waals surface area contributed by atoms with Crippen molar-refractivity contribution in [2.75, 3.05) is 31.5 Å². The van der Waals surface area contributed by atoms with Gasteiger partial charge in [0.15, 0.2) is 5.65 Å². The number of anilines is 1. The maximum atomic E-state index is 12.4. The summed E-state index contributed by atoms with van der Waals surface area (Å²) >= 11 is 12.3. The number of aromatic amines is 1. The number of benzene rings is 1. The molecule has 0 spiro atoms. The van der Waals surface area contributed by atoms with Gasteiger partial charge in [0.2, 0.25) is 5.95 Å². The zero-order valence-electron chi connectivity index (χ0n) is 15.6. The summed E-state index contributed by atoms with van der Waals surface area (Å²) in [6.45, 7) is 6.60. The van der Waals surface area contributed by atoms with E-state index in [2.05, 4.69) is 32.1 Å². The molecule has 2 aromatic heterocycles. The first-order valence-electron chi connectivity index (χ1n) is 9.39. The van der Waals surface area contributed by atoms with Crippen LogP contribution in [0.25, 0.3) is 11.2 Å². The number of hydrogen-bond donors (Lipinski definition) is 2. The Balaban J connectivity index is 1.56. The number of nitrogens with one attached hydrogen (secondary N) is 2. The van der Waals surface area contributed by atoms with Crippen molar-refractivity contribution in [3.8, 4) is 0 Å². The summed E-state index contributed by atoms with van der Waals surface area (Å²) in [5.41, 5.74) is 1.63. The van der Waals surface area contributed by atoms with E-state index in [0.717, 1.165) is 31.7 Å². The SMILES string of the molecule is CCN1CCC(CNc2ncc3[nH]c(=O)n(Cc4cc(Cl)ccc4Cl)c3n2)C1. The highest BCUT2D eigenvalue weighted by Gasteiger charge is 2.21. The monoisotopic (exact) mass is 420 g/mol. The van der Waals surface area contributed by atoms with Gasteiger partial charge in [-0.2, -0.15) is 4.98 Å². The van der Waals surface area contributed by atoms with Crippen LogP contribution in [0.5, 0.6) is 0 Å². The summed E-state index contributed by atoms with van der Waals surface area (Å²) in [4.78, 5) is 26.6. The first-order chi connectivity index (χ1) is 13.5. The molecule has 0 aliphatic carbocycles. The molecule has 0 saturated carbocycles. The van der Waals surface area contributed by atoms with Crippen molar-refractivity contribution >= 4 is 40.3 Å². The van der Waals surface area contributed by atoms with E-state index < -0.39 is 0 Å². The molecule has 7 nitrogen and oxygen atoms in total. The van der Waals surface area contributed by atoms with Crippen LogP contribution in [0.15, 0.2) is 29.2 Å². The normalized spacial score (nSPS) is 17.5. The second-order valence-electron chi connectivity index (χ2n) is 7.11. The Labute approximate surface area is 172 Å². The molecule has 3 aromatic rings. The Morgan fingerprint density at radius 3 is 3.00 bits per heavy atom. The highest BCUT2D eigenvalue weighted by molar-refractivity contribution is 6.33. The van der Waals surface area contributed by atoms with Crippen LogP contribution in [0.2, 0.25) is 10.0 Å². The van der Waals surface area contributed by atoms with Gasteiger partial charge < -0.3 is 15.2 Å². The van der Waals surface area contributed by atoms with Gasteiger partial charge in [-0.05, 0) is 49.2 Å². The predicted octanol–water partition coefficient (Wildman–Crippen LogP) is 3.23. The summed E-state index contributed by atoms with van der Waals surface area (Å²) in [5, 5.41) is 4.45. The number of aromatic nitrogens is 4. The molecule has 1 fully saturated rings. The second kappa shape index (κ2) is 8.11. The van der Waals surface area contributed by atoms with Crippen LogP contribution in [0.3, 0.4) is 0 Å². The van der Waals surface area contributed by atoms with Gasteiger partial charge >= 0.3 is 5.69 Å². The second-order valence-corrected chi connectivity index (χ2v) is 7.96. The Bertz CT molecular complexity index is 1050. The van der Waals surface area contributed by atoms with Crippen molar-refractivity contribution in [2.24, 2.45) is 5.92 Å². The number of likely N-dealkylation sites (tertiary alicyclic amines) is 1. The highest BCUT2D eigenvalue weighted by atomic mass is 35.5. The van der Waals surface area contributed by atoms with Gasteiger partial charge in [0, 0.05) is 23.1 Å². The Morgan fingerprint density at radius 2 is 2.21 bits per heavy atom. The zero-order chi connectivity index (χ0) is 19.7. The van der Waals surface area contributed by atoms with E-state index in [9.17, 15) is 4.79 Å². The third-order valence-corrected chi connectivity index (χ3v) is 5.82. The van der Waals surface area contributed by atoms with E-state index in [4.69, 9.17) is 23.2 Å². The highest BCUT2D eigenvalue weighted by Crippen LogP contribution is 2.22. The van der Waals surface area contributed by atoms with E-state index in [1.165, 1.54) is 6.42 Å². The molecule has 1 aliphatic heterocycles. The summed E-state index contributed by atoms with van der Waals surface area (Å²) in [6.07, 6.45) is 2.81. The fraction of sp³-hybridized carbons (Fsp3) is 0.421. The average molecular weight is 421 g/mol. The van der Waals surface area contributed by atoms with Crippen LogP contribution < -0.4 is 11.0 Å². The molecular weight excluding hydrogens is 399 g/mol. The van der Waals surface area contributed by atoms with Gasteiger partial charge in [-0.3, -0.25) is 4.57 Å². The molecule has 1 atom stereocenters. The van der Waals surface area contributed by atoms with Crippen LogP contribution in [0.4, 0.5) is 5.95 Å². The van der Waals surface area contributed by atoms with Crippen molar-refractivity contribution in [3.05, 3.63) is 50.5 Å². The molecule has 1 saturated heterocycles. The van der Waals surface area contributed by atoms with E-state index in [0.29, 0.717) is 33.1 Å². The lowest BCUT2D eigenvalue weighted by Gasteiger charge is -2.13. The van der Waals surface area contributed by atoms with E-state index in [1.807, 2.05) is 0 Å². The van der Waals surface area contributed by atoms with Crippen LogP contribution >= 0.6 is 23.2 Å².